The monoisotopic (exact) mass is 434 g/mol. The highest BCUT2D eigenvalue weighted by Crippen LogP contribution is 2.44. The van der Waals surface area contributed by atoms with Gasteiger partial charge in [0.1, 0.15) is 17.3 Å². The van der Waals surface area contributed by atoms with E-state index in [4.69, 9.17) is 16.3 Å². The maximum atomic E-state index is 13.8. The summed E-state index contributed by atoms with van der Waals surface area (Å²) < 4.78 is 19.8. The Hall–Kier alpha value is -3.37. The Morgan fingerprint density at radius 3 is 2.45 bits per heavy atom. The van der Waals surface area contributed by atoms with Gasteiger partial charge in [-0.05, 0) is 101 Å². The Morgan fingerprint density at radius 2 is 1.77 bits per heavy atom. The van der Waals surface area contributed by atoms with Gasteiger partial charge in [0.05, 0.1) is 6.42 Å². The molecule has 0 heterocycles. The number of ether oxygens (including phenoxy) is 1. The number of aryl methyl sites for hydroxylation is 1. The molecular weight excluding hydrogens is 415 g/mol. The molecule has 31 heavy (non-hydrogen) atoms. The highest BCUT2D eigenvalue weighted by Gasteiger charge is 2.25. The molecule has 1 aliphatic carbocycles. The van der Waals surface area contributed by atoms with Gasteiger partial charge >= 0.3 is 5.97 Å². The van der Waals surface area contributed by atoms with E-state index in [1.54, 1.807) is 12.1 Å². The summed E-state index contributed by atoms with van der Waals surface area (Å²) >= 11 is 6.00. The quantitative estimate of drug-likeness (QED) is 0.455. The molecule has 1 N–H and O–H groups in total. The van der Waals surface area contributed by atoms with E-state index in [0.717, 1.165) is 33.6 Å². The van der Waals surface area contributed by atoms with Gasteiger partial charge in [-0.15, -0.1) is 0 Å². The molecule has 156 valence electrons. The van der Waals surface area contributed by atoms with Crippen LogP contribution in [0.4, 0.5) is 4.39 Å². The average Bonchev–Trinajstić information content (AvgIpc) is 2.96. The minimum Gasteiger partial charge on any atom is -0.481 e. The molecule has 0 aromatic heterocycles. The van der Waals surface area contributed by atoms with Crippen molar-refractivity contribution in [2.24, 2.45) is 0 Å². The number of hydrogen-bond donors (Lipinski definition) is 1. The minimum atomic E-state index is -0.940. The zero-order valence-corrected chi connectivity index (χ0v) is 17.8. The number of benzene rings is 3. The number of carbonyl (C=O) groups is 1. The molecule has 0 bridgehead atoms. The van der Waals surface area contributed by atoms with Crippen LogP contribution in [0.3, 0.4) is 0 Å². The number of fused-ring (bicyclic) bond motifs is 1. The van der Waals surface area contributed by atoms with Crippen molar-refractivity contribution < 1.29 is 19.0 Å². The molecule has 0 fully saturated rings. The number of aliphatic carboxylic acids is 1. The molecule has 1 aliphatic rings. The number of hydrogen-bond acceptors (Lipinski definition) is 2. The molecular formula is C26H20ClFO3. The lowest BCUT2D eigenvalue weighted by molar-refractivity contribution is -0.135. The molecule has 0 unspecified atom stereocenters. The van der Waals surface area contributed by atoms with E-state index < -0.39 is 5.97 Å². The second-order valence-electron chi connectivity index (χ2n) is 7.50. The molecule has 0 radical (unpaired) electrons. The summed E-state index contributed by atoms with van der Waals surface area (Å²) in [6.45, 7) is 3.81. The van der Waals surface area contributed by atoms with Gasteiger partial charge in [0.25, 0.3) is 0 Å². The third kappa shape index (κ3) is 4.39. The SMILES string of the molecule is CC1=C(CC(=O)O)c2cc(F)ccc2/C1=C\c1ccc(Oc2ccc(Cl)cc2C)cc1. The van der Waals surface area contributed by atoms with Crippen LogP contribution in [0.5, 0.6) is 11.5 Å². The first kappa shape index (κ1) is 20.9. The van der Waals surface area contributed by atoms with Gasteiger partial charge in [-0.2, -0.15) is 0 Å². The van der Waals surface area contributed by atoms with Gasteiger partial charge < -0.3 is 9.84 Å². The van der Waals surface area contributed by atoms with Crippen LogP contribution in [0.15, 0.2) is 66.2 Å². The number of halogens is 2. The van der Waals surface area contributed by atoms with Crippen LogP contribution in [0.25, 0.3) is 17.2 Å². The van der Waals surface area contributed by atoms with Gasteiger partial charge in [0.15, 0.2) is 0 Å². The Labute approximate surface area is 185 Å². The number of carboxylic acid groups (broad SMARTS) is 1. The van der Waals surface area contributed by atoms with Crippen LogP contribution >= 0.6 is 11.6 Å². The van der Waals surface area contributed by atoms with E-state index in [0.29, 0.717) is 21.9 Å². The lowest BCUT2D eigenvalue weighted by Crippen LogP contribution is -1.97. The van der Waals surface area contributed by atoms with E-state index in [2.05, 4.69) is 0 Å². The summed E-state index contributed by atoms with van der Waals surface area (Å²) in [7, 11) is 0. The topological polar surface area (TPSA) is 46.5 Å². The molecule has 0 aliphatic heterocycles. The van der Waals surface area contributed by atoms with Crippen molar-refractivity contribution in [1.82, 2.24) is 0 Å². The minimum absolute atomic E-state index is 0.146. The van der Waals surface area contributed by atoms with E-state index in [1.807, 2.05) is 56.3 Å². The fourth-order valence-corrected chi connectivity index (χ4v) is 4.01. The molecule has 3 aromatic rings. The smallest absolute Gasteiger partial charge is 0.307 e. The predicted molar refractivity (Wildman–Crippen MR) is 122 cm³/mol. The van der Waals surface area contributed by atoms with Crippen molar-refractivity contribution >= 4 is 34.8 Å². The molecule has 0 saturated heterocycles. The van der Waals surface area contributed by atoms with Crippen molar-refractivity contribution in [2.75, 3.05) is 0 Å². The molecule has 0 amide bonds. The zero-order chi connectivity index (χ0) is 22.1. The fourth-order valence-electron chi connectivity index (χ4n) is 3.79. The van der Waals surface area contributed by atoms with E-state index >= 15 is 0 Å². The van der Waals surface area contributed by atoms with Gasteiger partial charge in [0, 0.05) is 5.02 Å². The van der Waals surface area contributed by atoms with E-state index in [-0.39, 0.29) is 12.2 Å². The third-order valence-electron chi connectivity index (χ3n) is 5.34. The van der Waals surface area contributed by atoms with Gasteiger partial charge in [-0.3, -0.25) is 4.79 Å². The summed E-state index contributed by atoms with van der Waals surface area (Å²) in [5, 5.41) is 9.94. The Morgan fingerprint density at radius 1 is 1.03 bits per heavy atom. The molecule has 0 atom stereocenters. The second-order valence-corrected chi connectivity index (χ2v) is 7.94. The van der Waals surface area contributed by atoms with Crippen molar-refractivity contribution in [3.63, 3.8) is 0 Å². The van der Waals surface area contributed by atoms with Crippen LogP contribution in [0, 0.1) is 12.7 Å². The summed E-state index contributed by atoms with van der Waals surface area (Å²) in [5.74, 6) is 0.110. The first-order chi connectivity index (χ1) is 14.8. The van der Waals surface area contributed by atoms with E-state index in [1.165, 1.54) is 12.1 Å². The maximum absolute atomic E-state index is 13.8. The first-order valence-corrected chi connectivity index (χ1v) is 10.2. The molecule has 5 heteroatoms. The summed E-state index contributed by atoms with van der Waals surface area (Å²) in [4.78, 5) is 11.3. The zero-order valence-electron chi connectivity index (χ0n) is 17.1. The van der Waals surface area contributed by atoms with Crippen LogP contribution in [-0.4, -0.2) is 11.1 Å². The Bertz CT molecular complexity index is 1240. The fraction of sp³-hybridized carbons (Fsp3) is 0.115. The van der Waals surface area contributed by atoms with Crippen molar-refractivity contribution in [2.45, 2.75) is 20.3 Å². The van der Waals surface area contributed by atoms with Crippen LogP contribution < -0.4 is 4.74 Å². The molecule has 0 saturated carbocycles. The van der Waals surface area contributed by atoms with E-state index in [9.17, 15) is 14.3 Å². The summed E-state index contributed by atoms with van der Waals surface area (Å²) in [6.07, 6.45) is 1.84. The van der Waals surface area contributed by atoms with Crippen LogP contribution in [-0.2, 0) is 4.79 Å². The molecule has 0 spiro atoms. The summed E-state index contributed by atoms with van der Waals surface area (Å²) in [5.41, 5.74) is 5.75. The molecule has 3 nitrogen and oxygen atoms in total. The van der Waals surface area contributed by atoms with Gasteiger partial charge in [0.2, 0.25) is 0 Å². The normalized spacial score (nSPS) is 14.1. The molecule has 4 rings (SSSR count). The second kappa shape index (κ2) is 8.40. The standard InChI is InChI=1S/C26H20ClFO3/c1-15-11-18(27)5-10-25(15)31-20-7-3-17(4-8-20)12-22-16(2)23(14-26(29)30)24-13-19(28)6-9-21(22)24/h3-13H,14H2,1-2H3,(H,29,30)/b22-12-. The largest absolute Gasteiger partial charge is 0.481 e. The number of rotatable bonds is 5. The van der Waals surface area contributed by atoms with Crippen LogP contribution in [0.1, 0.15) is 35.6 Å². The maximum Gasteiger partial charge on any atom is 0.307 e. The first-order valence-electron chi connectivity index (χ1n) is 9.80. The summed E-state index contributed by atoms with van der Waals surface area (Å²) in [6, 6.07) is 17.6. The Kier molecular flexibility index (Phi) is 5.66. The van der Waals surface area contributed by atoms with Crippen molar-refractivity contribution in [3.8, 4) is 11.5 Å². The lowest BCUT2D eigenvalue weighted by atomic mass is 10.0. The lowest BCUT2D eigenvalue weighted by Gasteiger charge is -2.09. The highest BCUT2D eigenvalue weighted by molar-refractivity contribution is 6.30. The van der Waals surface area contributed by atoms with Crippen molar-refractivity contribution in [1.29, 1.82) is 0 Å². The highest BCUT2D eigenvalue weighted by atomic mass is 35.5. The van der Waals surface area contributed by atoms with Gasteiger partial charge in [-0.25, -0.2) is 4.39 Å². The number of allylic oxidation sites excluding steroid dienone is 2. The average molecular weight is 435 g/mol. The third-order valence-corrected chi connectivity index (χ3v) is 5.57. The Balaban J connectivity index is 1.65. The predicted octanol–water partition coefficient (Wildman–Crippen LogP) is 7.38. The number of carboxylic acids is 1. The van der Waals surface area contributed by atoms with Crippen molar-refractivity contribution in [3.05, 3.63) is 99.3 Å². The molecule has 3 aromatic carbocycles. The van der Waals surface area contributed by atoms with Gasteiger partial charge in [-0.1, -0.05) is 29.8 Å². The van der Waals surface area contributed by atoms with Crippen LogP contribution in [0.2, 0.25) is 5.02 Å².